The number of rotatable bonds is 4. The zero-order chi connectivity index (χ0) is 16.4. The monoisotopic (exact) mass is 386 g/mol. The van der Waals surface area contributed by atoms with Gasteiger partial charge >= 0.3 is 0 Å². The summed E-state index contributed by atoms with van der Waals surface area (Å²) in [4.78, 5) is 14.9. The van der Waals surface area contributed by atoms with Crippen molar-refractivity contribution in [1.82, 2.24) is 4.90 Å². The number of halogens is 1. The van der Waals surface area contributed by atoms with Gasteiger partial charge in [-0.05, 0) is 43.1 Å². The quantitative estimate of drug-likeness (QED) is 0.874. The molecule has 5 nitrogen and oxygen atoms in total. The van der Waals surface area contributed by atoms with Crippen LogP contribution in [0, 0.1) is 5.92 Å². The van der Waals surface area contributed by atoms with Crippen molar-refractivity contribution in [2.45, 2.75) is 15.5 Å². The summed E-state index contributed by atoms with van der Waals surface area (Å²) >= 11 is 1.03. The number of carbonyl (C=O) groups is 1. The molecule has 1 unspecified atom stereocenters. The molecule has 0 aliphatic carbocycles. The predicted octanol–water partition coefficient (Wildman–Crippen LogP) is 2.42. The van der Waals surface area contributed by atoms with Gasteiger partial charge in [0.25, 0.3) is 5.91 Å². The first-order chi connectivity index (χ1) is 11.0. The summed E-state index contributed by atoms with van der Waals surface area (Å²) < 4.78 is 25.3. The van der Waals surface area contributed by atoms with Crippen LogP contribution in [0.3, 0.4) is 0 Å². The molecule has 0 bridgehead atoms. The Morgan fingerprint density at radius 3 is 2.54 bits per heavy atom. The summed E-state index contributed by atoms with van der Waals surface area (Å²) in [5.41, 5.74) is 5.65. The molecule has 3 rings (SSSR count). The second-order valence-corrected chi connectivity index (χ2v) is 8.84. The first-order valence-electron chi connectivity index (χ1n) is 7.41. The molecule has 0 spiro atoms. The van der Waals surface area contributed by atoms with Crippen molar-refractivity contribution >= 4 is 39.5 Å². The lowest BCUT2D eigenvalue weighted by Crippen LogP contribution is -2.29. The lowest BCUT2D eigenvalue weighted by atomic mass is 10.1. The average molecular weight is 387 g/mol. The number of thiophene rings is 1. The van der Waals surface area contributed by atoms with Gasteiger partial charge in [-0.1, -0.05) is 18.2 Å². The molecule has 8 heteroatoms. The minimum atomic E-state index is -3.56. The Kier molecular flexibility index (Phi) is 6.03. The molecule has 24 heavy (non-hydrogen) atoms. The molecule has 2 heterocycles. The van der Waals surface area contributed by atoms with Gasteiger partial charge in [0.15, 0.2) is 0 Å². The Labute approximate surface area is 151 Å². The zero-order valence-corrected chi connectivity index (χ0v) is 15.4. The molecule has 1 aromatic heterocycles. The Morgan fingerprint density at radius 2 is 1.92 bits per heavy atom. The van der Waals surface area contributed by atoms with Crippen molar-refractivity contribution in [1.29, 1.82) is 0 Å². The average Bonchev–Trinajstić information content (AvgIpc) is 3.24. The van der Waals surface area contributed by atoms with Crippen molar-refractivity contribution in [3.8, 4) is 0 Å². The Morgan fingerprint density at radius 1 is 1.21 bits per heavy atom. The number of hydrogen-bond acceptors (Lipinski definition) is 5. The minimum absolute atomic E-state index is 0. The standard InChI is InChI=1S/C16H18N2O3S2.ClH/c17-10-12-8-9-18(11-12)16(19)14-6-7-15(22-14)23(20,21)13-4-2-1-3-5-13;/h1-7,12H,8-11,17H2;1H. The van der Waals surface area contributed by atoms with Crippen molar-refractivity contribution in [3.05, 3.63) is 47.3 Å². The van der Waals surface area contributed by atoms with Gasteiger partial charge in [-0.3, -0.25) is 4.79 Å². The van der Waals surface area contributed by atoms with Crippen LogP contribution in [0.2, 0.25) is 0 Å². The maximum Gasteiger partial charge on any atom is 0.263 e. The van der Waals surface area contributed by atoms with E-state index >= 15 is 0 Å². The fourth-order valence-corrected chi connectivity index (χ4v) is 5.36. The second-order valence-electron chi connectivity index (χ2n) is 5.58. The van der Waals surface area contributed by atoms with Crippen molar-refractivity contribution in [2.24, 2.45) is 11.7 Å². The van der Waals surface area contributed by atoms with Gasteiger partial charge in [-0.25, -0.2) is 8.42 Å². The first kappa shape index (κ1) is 18.9. The van der Waals surface area contributed by atoms with Gasteiger partial charge in [0.2, 0.25) is 9.84 Å². The molecule has 1 aliphatic rings. The van der Waals surface area contributed by atoms with Crippen molar-refractivity contribution in [2.75, 3.05) is 19.6 Å². The van der Waals surface area contributed by atoms with Crippen LogP contribution in [0.4, 0.5) is 0 Å². The number of amides is 1. The molecule has 2 aromatic rings. The SMILES string of the molecule is Cl.NCC1CCN(C(=O)c2ccc(S(=O)(=O)c3ccccc3)s2)C1. The number of likely N-dealkylation sites (tertiary alicyclic amines) is 1. The summed E-state index contributed by atoms with van der Waals surface area (Å²) in [6.45, 7) is 1.90. The minimum Gasteiger partial charge on any atom is -0.338 e. The third-order valence-corrected chi connectivity index (χ3v) is 7.35. The van der Waals surface area contributed by atoms with Crippen LogP contribution < -0.4 is 5.73 Å². The molecule has 1 saturated heterocycles. The van der Waals surface area contributed by atoms with Crippen LogP contribution in [0.25, 0.3) is 0 Å². The predicted molar refractivity (Wildman–Crippen MR) is 96.5 cm³/mol. The van der Waals surface area contributed by atoms with Gasteiger partial charge in [-0.2, -0.15) is 0 Å². The summed E-state index contributed by atoms with van der Waals surface area (Å²) in [6, 6.07) is 11.4. The van der Waals surface area contributed by atoms with Crippen LogP contribution in [0.15, 0.2) is 51.6 Å². The van der Waals surface area contributed by atoms with E-state index in [1.807, 2.05) is 0 Å². The Hall–Kier alpha value is -1.41. The van der Waals surface area contributed by atoms with E-state index in [4.69, 9.17) is 5.73 Å². The van der Waals surface area contributed by atoms with Crippen LogP contribution in [0.5, 0.6) is 0 Å². The Bertz CT molecular complexity index is 806. The molecule has 130 valence electrons. The van der Waals surface area contributed by atoms with E-state index in [-0.39, 0.29) is 27.4 Å². The molecule has 1 amide bonds. The number of hydrogen-bond donors (Lipinski definition) is 1. The third kappa shape index (κ3) is 3.64. The van der Waals surface area contributed by atoms with Crippen molar-refractivity contribution in [3.63, 3.8) is 0 Å². The summed E-state index contributed by atoms with van der Waals surface area (Å²) in [6.07, 6.45) is 0.906. The van der Waals surface area contributed by atoms with Crippen LogP contribution in [-0.2, 0) is 9.84 Å². The van der Waals surface area contributed by atoms with Gasteiger partial charge in [0.1, 0.15) is 4.21 Å². The highest BCUT2D eigenvalue weighted by atomic mass is 35.5. The zero-order valence-electron chi connectivity index (χ0n) is 12.9. The number of sulfone groups is 1. The molecule has 2 N–H and O–H groups in total. The van der Waals surface area contributed by atoms with E-state index in [0.717, 1.165) is 17.8 Å². The fraction of sp³-hybridized carbons (Fsp3) is 0.312. The van der Waals surface area contributed by atoms with Crippen LogP contribution in [-0.4, -0.2) is 38.9 Å². The molecular formula is C16H19ClN2O3S2. The third-order valence-electron chi connectivity index (χ3n) is 4.02. The molecular weight excluding hydrogens is 368 g/mol. The largest absolute Gasteiger partial charge is 0.338 e. The van der Waals surface area contributed by atoms with Crippen LogP contribution in [0.1, 0.15) is 16.1 Å². The van der Waals surface area contributed by atoms with Gasteiger partial charge in [0, 0.05) is 13.1 Å². The molecule has 0 saturated carbocycles. The molecule has 1 fully saturated rings. The molecule has 1 aliphatic heterocycles. The van der Waals surface area contributed by atoms with Gasteiger partial charge < -0.3 is 10.6 Å². The van der Waals surface area contributed by atoms with E-state index in [2.05, 4.69) is 0 Å². The van der Waals surface area contributed by atoms with E-state index in [1.165, 1.54) is 6.07 Å². The fourth-order valence-electron chi connectivity index (χ4n) is 2.66. The summed E-state index contributed by atoms with van der Waals surface area (Å²) in [5, 5.41) is 0. The topological polar surface area (TPSA) is 80.5 Å². The van der Waals surface area contributed by atoms with Gasteiger partial charge in [0.05, 0.1) is 9.77 Å². The van der Waals surface area contributed by atoms with E-state index in [0.29, 0.717) is 30.4 Å². The lowest BCUT2D eigenvalue weighted by Gasteiger charge is -2.14. The van der Waals surface area contributed by atoms with Crippen molar-refractivity contribution < 1.29 is 13.2 Å². The normalized spacial score (nSPS) is 17.5. The Balaban J connectivity index is 0.00000208. The van der Waals surface area contributed by atoms with E-state index < -0.39 is 9.84 Å². The molecule has 1 aromatic carbocycles. The second kappa shape index (κ2) is 7.65. The number of carbonyl (C=O) groups excluding carboxylic acids is 1. The van der Waals surface area contributed by atoms with E-state index in [9.17, 15) is 13.2 Å². The highest BCUT2D eigenvalue weighted by Gasteiger charge is 2.28. The first-order valence-corrected chi connectivity index (χ1v) is 9.71. The van der Waals surface area contributed by atoms with Crippen LogP contribution >= 0.6 is 23.7 Å². The highest BCUT2D eigenvalue weighted by molar-refractivity contribution is 7.93. The smallest absolute Gasteiger partial charge is 0.263 e. The molecule has 0 radical (unpaired) electrons. The highest BCUT2D eigenvalue weighted by Crippen LogP contribution is 2.29. The van der Waals surface area contributed by atoms with Gasteiger partial charge in [-0.15, -0.1) is 23.7 Å². The number of nitrogens with zero attached hydrogens (tertiary/aromatic N) is 1. The number of nitrogens with two attached hydrogens (primary N) is 1. The number of benzene rings is 1. The molecule has 1 atom stereocenters. The maximum atomic E-state index is 12.6. The summed E-state index contributed by atoms with van der Waals surface area (Å²) in [7, 11) is -3.56. The lowest BCUT2D eigenvalue weighted by molar-refractivity contribution is 0.0792. The van der Waals surface area contributed by atoms with E-state index in [1.54, 1.807) is 41.3 Å². The maximum absolute atomic E-state index is 12.6. The summed E-state index contributed by atoms with van der Waals surface area (Å²) in [5.74, 6) is 0.229.